The lowest BCUT2D eigenvalue weighted by Gasteiger charge is -2.36. The van der Waals surface area contributed by atoms with Crippen LogP contribution in [0.15, 0.2) is 66.7 Å². The van der Waals surface area contributed by atoms with E-state index in [2.05, 4.69) is 4.98 Å². The molecule has 3 aromatic carbocycles. The van der Waals surface area contributed by atoms with Gasteiger partial charge in [0.1, 0.15) is 5.75 Å². The number of benzene rings is 3. The van der Waals surface area contributed by atoms with Crippen LogP contribution in [0.1, 0.15) is 33.2 Å². The standard InChI is InChI=1S/C25H20ClN3O4/c1-33-19-10-11-22-21(14-19)20-12-13-28(25(30)16-2-6-17(26)7-3-16)24(23(20)27-22)15-4-8-18(9-5-15)29(31)32/h2-11,14,24,27H,12-13H2,1H3/t24-/m0/s1. The van der Waals surface area contributed by atoms with Gasteiger partial charge in [-0.1, -0.05) is 11.6 Å². The van der Waals surface area contributed by atoms with Crippen LogP contribution < -0.4 is 4.74 Å². The first-order valence-corrected chi connectivity index (χ1v) is 10.8. The third-order valence-corrected chi connectivity index (χ3v) is 6.36. The first kappa shape index (κ1) is 21.0. The quantitative estimate of drug-likeness (QED) is 0.320. The molecule has 1 atom stereocenters. The highest BCUT2D eigenvalue weighted by Gasteiger charge is 2.35. The minimum Gasteiger partial charge on any atom is -0.497 e. The van der Waals surface area contributed by atoms with E-state index < -0.39 is 11.0 Å². The summed E-state index contributed by atoms with van der Waals surface area (Å²) in [4.78, 5) is 29.6. The largest absolute Gasteiger partial charge is 0.497 e. The van der Waals surface area contributed by atoms with Crippen molar-refractivity contribution in [2.45, 2.75) is 12.5 Å². The van der Waals surface area contributed by atoms with Crippen LogP contribution in [0.3, 0.4) is 0 Å². The molecule has 7 nitrogen and oxygen atoms in total. The van der Waals surface area contributed by atoms with Crippen LogP contribution in [0.25, 0.3) is 10.9 Å². The Morgan fingerprint density at radius 1 is 1.12 bits per heavy atom. The van der Waals surface area contributed by atoms with Crippen molar-refractivity contribution in [2.75, 3.05) is 13.7 Å². The number of nitrogens with one attached hydrogen (secondary N) is 1. The summed E-state index contributed by atoms with van der Waals surface area (Å²) >= 11 is 6.01. The predicted molar refractivity (Wildman–Crippen MR) is 126 cm³/mol. The number of nitrogens with zero attached hydrogens (tertiary/aromatic N) is 2. The van der Waals surface area contributed by atoms with Crippen LogP contribution in [-0.4, -0.2) is 34.4 Å². The molecular weight excluding hydrogens is 442 g/mol. The summed E-state index contributed by atoms with van der Waals surface area (Å²) < 4.78 is 5.40. The second-order valence-corrected chi connectivity index (χ2v) is 8.37. The number of methoxy groups -OCH3 is 1. The minimum atomic E-state index is -0.429. The number of fused-ring (bicyclic) bond motifs is 3. The van der Waals surface area contributed by atoms with Crippen LogP contribution in [0.5, 0.6) is 5.75 Å². The maximum atomic E-state index is 13.5. The molecule has 4 aromatic rings. The molecule has 0 saturated heterocycles. The lowest BCUT2D eigenvalue weighted by Crippen LogP contribution is -2.40. The summed E-state index contributed by atoms with van der Waals surface area (Å²) in [6.07, 6.45) is 0.672. The Bertz CT molecular complexity index is 1360. The van der Waals surface area contributed by atoms with E-state index in [1.54, 1.807) is 48.4 Å². The van der Waals surface area contributed by atoms with E-state index in [9.17, 15) is 14.9 Å². The second-order valence-electron chi connectivity index (χ2n) is 7.94. The molecule has 0 fully saturated rings. The molecule has 0 saturated carbocycles. The van der Waals surface area contributed by atoms with Crippen molar-refractivity contribution >= 4 is 34.1 Å². The average Bonchev–Trinajstić information content (AvgIpc) is 3.21. The Morgan fingerprint density at radius 3 is 2.52 bits per heavy atom. The Labute approximate surface area is 194 Å². The molecule has 166 valence electrons. The van der Waals surface area contributed by atoms with E-state index in [-0.39, 0.29) is 11.6 Å². The van der Waals surface area contributed by atoms with Crippen molar-refractivity contribution in [1.29, 1.82) is 0 Å². The number of ether oxygens (including phenoxy) is 1. The molecule has 8 heteroatoms. The van der Waals surface area contributed by atoms with Gasteiger partial charge in [0.15, 0.2) is 0 Å². The smallest absolute Gasteiger partial charge is 0.269 e. The lowest BCUT2D eigenvalue weighted by atomic mass is 9.91. The molecule has 0 radical (unpaired) electrons. The second kappa shape index (κ2) is 8.26. The zero-order valence-corrected chi connectivity index (χ0v) is 18.5. The van der Waals surface area contributed by atoms with Gasteiger partial charge in [-0.05, 0) is 72.1 Å². The van der Waals surface area contributed by atoms with Gasteiger partial charge in [-0.25, -0.2) is 0 Å². The number of aromatic amines is 1. The van der Waals surface area contributed by atoms with Gasteiger partial charge >= 0.3 is 0 Å². The van der Waals surface area contributed by atoms with Gasteiger partial charge in [0, 0.05) is 45.9 Å². The zero-order chi connectivity index (χ0) is 23.1. The fourth-order valence-corrected chi connectivity index (χ4v) is 4.62. The highest BCUT2D eigenvalue weighted by Crippen LogP contribution is 2.40. The Morgan fingerprint density at radius 2 is 1.85 bits per heavy atom. The summed E-state index contributed by atoms with van der Waals surface area (Å²) in [5, 5.41) is 12.8. The van der Waals surface area contributed by atoms with Crippen molar-refractivity contribution in [1.82, 2.24) is 9.88 Å². The third-order valence-electron chi connectivity index (χ3n) is 6.11. The number of nitro groups is 1. The Kier molecular flexibility index (Phi) is 5.26. The number of hydrogen-bond donors (Lipinski definition) is 1. The van der Waals surface area contributed by atoms with Gasteiger partial charge in [-0.2, -0.15) is 0 Å². The third kappa shape index (κ3) is 3.70. The van der Waals surface area contributed by atoms with Crippen LogP contribution in [0, 0.1) is 10.1 Å². The Hall–Kier alpha value is -3.84. The number of nitro benzene ring substituents is 1. The van der Waals surface area contributed by atoms with Crippen molar-refractivity contribution in [3.8, 4) is 5.75 Å². The maximum Gasteiger partial charge on any atom is 0.269 e. The molecule has 1 N–H and O–H groups in total. The summed E-state index contributed by atoms with van der Waals surface area (Å²) in [7, 11) is 1.63. The molecule has 1 amide bonds. The summed E-state index contributed by atoms with van der Waals surface area (Å²) in [6, 6.07) is 18.6. The number of aromatic nitrogens is 1. The molecule has 1 aromatic heterocycles. The first-order chi connectivity index (χ1) is 16.0. The maximum absolute atomic E-state index is 13.5. The van der Waals surface area contributed by atoms with Crippen molar-refractivity contribution in [2.24, 2.45) is 0 Å². The van der Waals surface area contributed by atoms with Gasteiger partial charge < -0.3 is 14.6 Å². The highest BCUT2D eigenvalue weighted by atomic mass is 35.5. The van der Waals surface area contributed by atoms with Crippen LogP contribution in [0.4, 0.5) is 5.69 Å². The average molecular weight is 462 g/mol. The van der Waals surface area contributed by atoms with Crippen molar-refractivity contribution in [3.05, 3.63) is 104 Å². The van der Waals surface area contributed by atoms with E-state index in [1.807, 2.05) is 18.2 Å². The number of non-ortho nitro benzene ring substituents is 1. The molecule has 1 aliphatic heterocycles. The number of rotatable bonds is 4. The number of carbonyl (C=O) groups is 1. The first-order valence-electron chi connectivity index (χ1n) is 10.5. The monoisotopic (exact) mass is 461 g/mol. The van der Waals surface area contributed by atoms with E-state index in [4.69, 9.17) is 16.3 Å². The van der Waals surface area contributed by atoms with Crippen LogP contribution in [0.2, 0.25) is 5.02 Å². The molecule has 0 spiro atoms. The van der Waals surface area contributed by atoms with Crippen molar-refractivity contribution in [3.63, 3.8) is 0 Å². The summed E-state index contributed by atoms with van der Waals surface area (Å²) in [5.41, 5.74) is 4.31. The lowest BCUT2D eigenvalue weighted by molar-refractivity contribution is -0.384. The van der Waals surface area contributed by atoms with E-state index in [1.165, 1.54) is 12.1 Å². The number of hydrogen-bond acceptors (Lipinski definition) is 4. The summed E-state index contributed by atoms with van der Waals surface area (Å²) in [5.74, 6) is 0.632. The van der Waals surface area contributed by atoms with Gasteiger partial charge in [0.2, 0.25) is 0 Å². The Balaban J connectivity index is 1.65. The van der Waals surface area contributed by atoms with E-state index in [0.717, 1.165) is 33.5 Å². The minimum absolute atomic E-state index is 0.00624. The molecule has 2 heterocycles. The van der Waals surface area contributed by atoms with Gasteiger partial charge in [-0.3, -0.25) is 14.9 Å². The van der Waals surface area contributed by atoms with E-state index >= 15 is 0 Å². The fourth-order valence-electron chi connectivity index (χ4n) is 4.50. The number of halogens is 1. The van der Waals surface area contributed by atoms with Gasteiger partial charge in [0.05, 0.1) is 18.1 Å². The van der Waals surface area contributed by atoms with Crippen LogP contribution >= 0.6 is 11.6 Å². The van der Waals surface area contributed by atoms with Gasteiger partial charge in [-0.15, -0.1) is 0 Å². The fraction of sp³-hybridized carbons (Fsp3) is 0.160. The molecule has 1 aliphatic rings. The SMILES string of the molecule is COc1ccc2[nH]c3c(c2c1)CCN(C(=O)c1ccc(Cl)cc1)[C@H]3c1ccc([N+](=O)[O-])cc1. The predicted octanol–water partition coefficient (Wildman–Crippen LogP) is 5.53. The number of amides is 1. The topological polar surface area (TPSA) is 88.5 Å². The van der Waals surface area contributed by atoms with Crippen molar-refractivity contribution < 1.29 is 14.5 Å². The number of carbonyl (C=O) groups excluding carboxylic acids is 1. The molecule has 33 heavy (non-hydrogen) atoms. The zero-order valence-electron chi connectivity index (χ0n) is 17.7. The number of H-pyrrole nitrogens is 1. The summed E-state index contributed by atoms with van der Waals surface area (Å²) in [6.45, 7) is 0.500. The molecular formula is C25H20ClN3O4. The van der Waals surface area contributed by atoms with Crippen LogP contribution in [-0.2, 0) is 6.42 Å². The normalized spacial score (nSPS) is 15.3. The van der Waals surface area contributed by atoms with Gasteiger partial charge in [0.25, 0.3) is 11.6 Å². The molecule has 5 rings (SSSR count). The van der Waals surface area contributed by atoms with E-state index in [0.29, 0.717) is 23.6 Å². The molecule has 0 aliphatic carbocycles. The molecule has 0 bridgehead atoms. The highest BCUT2D eigenvalue weighted by molar-refractivity contribution is 6.30. The molecule has 0 unspecified atom stereocenters.